The van der Waals surface area contributed by atoms with E-state index in [4.69, 9.17) is 20.8 Å². The number of ether oxygens (including phenoxy) is 1. The lowest BCUT2D eigenvalue weighted by atomic mass is 10.1. The highest BCUT2D eigenvalue weighted by atomic mass is 35.5. The zero-order chi connectivity index (χ0) is 20.4. The van der Waals surface area contributed by atoms with Crippen molar-refractivity contribution in [1.29, 1.82) is 0 Å². The van der Waals surface area contributed by atoms with Crippen molar-refractivity contribution >= 4 is 50.9 Å². The molecule has 3 rings (SSSR count). The molecule has 0 atom stereocenters. The van der Waals surface area contributed by atoms with Crippen LogP contribution in [-0.2, 0) is 16.1 Å². The first-order valence-electron chi connectivity index (χ1n) is 8.67. The molecule has 0 aliphatic rings. The van der Waals surface area contributed by atoms with Gasteiger partial charge in [0.2, 0.25) is 5.91 Å². The van der Waals surface area contributed by atoms with Crippen LogP contribution < -0.4 is 11.1 Å². The summed E-state index contributed by atoms with van der Waals surface area (Å²) < 4.78 is 11.6. The Kier molecular flexibility index (Phi) is 5.90. The summed E-state index contributed by atoms with van der Waals surface area (Å²) >= 11 is 7.22. The Bertz CT molecular complexity index is 1110. The van der Waals surface area contributed by atoms with Gasteiger partial charge in [-0.2, -0.15) is 0 Å². The van der Waals surface area contributed by atoms with Crippen LogP contribution in [0.2, 0.25) is 5.02 Å². The van der Waals surface area contributed by atoms with E-state index in [1.165, 1.54) is 15.9 Å². The van der Waals surface area contributed by atoms with Crippen molar-refractivity contribution in [2.75, 3.05) is 11.9 Å². The molecule has 148 valence electrons. The van der Waals surface area contributed by atoms with Crippen molar-refractivity contribution < 1.29 is 18.7 Å². The third kappa shape index (κ3) is 3.98. The molecule has 9 heteroatoms. The summed E-state index contributed by atoms with van der Waals surface area (Å²) in [5.74, 6) is -1.34. The molecule has 1 aromatic carbocycles. The average Bonchev–Trinajstić information content (AvgIpc) is 3.08. The molecule has 3 aromatic rings. The third-order valence-corrected chi connectivity index (χ3v) is 5.67. The Hall–Kier alpha value is -2.58. The zero-order valence-corrected chi connectivity index (χ0v) is 17.2. The molecule has 0 fully saturated rings. The van der Waals surface area contributed by atoms with Crippen molar-refractivity contribution in [1.82, 2.24) is 4.57 Å². The Morgan fingerprint density at radius 1 is 1.32 bits per heavy atom. The minimum absolute atomic E-state index is 0.0371. The number of amides is 1. The second-order valence-electron chi connectivity index (χ2n) is 6.14. The van der Waals surface area contributed by atoms with Crippen LogP contribution in [0.3, 0.4) is 0 Å². The van der Waals surface area contributed by atoms with Gasteiger partial charge in [0.05, 0.1) is 17.7 Å². The number of esters is 1. The van der Waals surface area contributed by atoms with Crippen LogP contribution in [0, 0.1) is 13.8 Å². The van der Waals surface area contributed by atoms with E-state index in [0.717, 1.165) is 10.4 Å². The number of rotatable bonds is 6. The lowest BCUT2D eigenvalue weighted by Crippen LogP contribution is -2.20. The maximum Gasteiger partial charge on any atom is 0.419 e. The van der Waals surface area contributed by atoms with Crippen LogP contribution in [0.15, 0.2) is 27.4 Å². The number of benzene rings is 1. The number of nitrogens with one attached hydrogen (secondary N) is 1. The van der Waals surface area contributed by atoms with E-state index < -0.39 is 11.7 Å². The molecule has 0 unspecified atom stereocenters. The molecule has 7 nitrogen and oxygen atoms in total. The molecule has 2 aromatic heterocycles. The molecule has 28 heavy (non-hydrogen) atoms. The van der Waals surface area contributed by atoms with Gasteiger partial charge in [-0.3, -0.25) is 9.36 Å². The highest BCUT2D eigenvalue weighted by Gasteiger charge is 2.22. The van der Waals surface area contributed by atoms with Crippen molar-refractivity contribution in [2.45, 2.75) is 33.7 Å². The summed E-state index contributed by atoms with van der Waals surface area (Å²) in [4.78, 5) is 37.6. The Morgan fingerprint density at radius 3 is 2.79 bits per heavy atom. The molecule has 1 amide bonds. The van der Waals surface area contributed by atoms with Crippen molar-refractivity contribution in [3.05, 3.63) is 49.8 Å². The first-order chi connectivity index (χ1) is 13.3. The largest absolute Gasteiger partial charge is 0.462 e. The lowest BCUT2D eigenvalue weighted by molar-refractivity contribution is -0.116. The topological polar surface area (TPSA) is 90.5 Å². The second-order valence-corrected chi connectivity index (χ2v) is 7.80. The van der Waals surface area contributed by atoms with E-state index in [0.29, 0.717) is 26.7 Å². The van der Waals surface area contributed by atoms with Crippen LogP contribution in [0.25, 0.3) is 11.1 Å². The van der Waals surface area contributed by atoms with E-state index in [-0.39, 0.29) is 25.5 Å². The number of fused-ring (bicyclic) bond motifs is 1. The van der Waals surface area contributed by atoms with Crippen molar-refractivity contribution in [3.63, 3.8) is 0 Å². The Labute approximate surface area is 169 Å². The highest BCUT2D eigenvalue weighted by molar-refractivity contribution is 7.16. The number of anilines is 1. The van der Waals surface area contributed by atoms with Crippen LogP contribution in [0.1, 0.15) is 34.1 Å². The summed E-state index contributed by atoms with van der Waals surface area (Å²) in [5, 5.41) is 3.67. The number of aromatic nitrogens is 1. The van der Waals surface area contributed by atoms with Gasteiger partial charge in [0.1, 0.15) is 5.00 Å². The predicted molar refractivity (Wildman–Crippen MR) is 108 cm³/mol. The molecule has 0 radical (unpaired) electrons. The third-order valence-electron chi connectivity index (χ3n) is 4.31. The molecule has 0 aliphatic carbocycles. The summed E-state index contributed by atoms with van der Waals surface area (Å²) in [5.41, 5.74) is 2.09. The fourth-order valence-corrected chi connectivity index (χ4v) is 4.05. The van der Waals surface area contributed by atoms with E-state index in [1.54, 1.807) is 25.1 Å². The summed E-state index contributed by atoms with van der Waals surface area (Å²) in [6.45, 7) is 5.81. The number of hydrogen-bond donors (Lipinski definition) is 1. The second kappa shape index (κ2) is 8.20. The van der Waals surface area contributed by atoms with Gasteiger partial charge >= 0.3 is 11.7 Å². The monoisotopic (exact) mass is 422 g/mol. The molecule has 0 bridgehead atoms. The molecular formula is C19H19ClN2O5S. The molecule has 0 aliphatic heterocycles. The lowest BCUT2D eigenvalue weighted by Gasteiger charge is -2.07. The number of nitrogens with zero attached hydrogens (tertiary/aromatic N) is 1. The van der Waals surface area contributed by atoms with Crippen LogP contribution >= 0.6 is 22.9 Å². The smallest absolute Gasteiger partial charge is 0.419 e. The summed E-state index contributed by atoms with van der Waals surface area (Å²) in [6, 6.07) is 4.88. The Balaban J connectivity index is 1.76. The average molecular weight is 423 g/mol. The molecular weight excluding hydrogens is 404 g/mol. The van der Waals surface area contributed by atoms with Crippen molar-refractivity contribution in [3.8, 4) is 0 Å². The fourth-order valence-electron chi connectivity index (χ4n) is 2.82. The highest BCUT2D eigenvalue weighted by Crippen LogP contribution is 2.33. The number of oxazole rings is 1. The first-order valence-corrected chi connectivity index (χ1v) is 9.87. The number of hydrogen-bond acceptors (Lipinski definition) is 6. The number of halogens is 1. The van der Waals surface area contributed by atoms with Gasteiger partial charge in [-0.15, -0.1) is 11.3 Å². The quantitative estimate of drug-likeness (QED) is 0.603. The number of thiophene rings is 1. The van der Waals surface area contributed by atoms with Crippen LogP contribution in [0.5, 0.6) is 0 Å². The molecule has 1 N–H and O–H groups in total. The number of carbonyl (C=O) groups is 2. The van der Waals surface area contributed by atoms with Crippen molar-refractivity contribution in [2.24, 2.45) is 0 Å². The maximum absolute atomic E-state index is 12.4. The molecule has 0 spiro atoms. The molecule has 0 saturated heterocycles. The van der Waals surface area contributed by atoms with E-state index in [9.17, 15) is 14.4 Å². The summed E-state index contributed by atoms with van der Waals surface area (Å²) in [6.07, 6.45) is 0.0371. The molecule has 0 saturated carbocycles. The maximum atomic E-state index is 12.4. The summed E-state index contributed by atoms with van der Waals surface area (Å²) in [7, 11) is 0. The first kappa shape index (κ1) is 20.2. The Morgan fingerprint density at radius 2 is 2.07 bits per heavy atom. The van der Waals surface area contributed by atoms with Gasteiger partial charge in [0, 0.05) is 28.9 Å². The van der Waals surface area contributed by atoms with Gasteiger partial charge in [0.25, 0.3) is 0 Å². The number of aryl methyl sites for hydroxylation is 2. The minimum Gasteiger partial charge on any atom is -0.462 e. The molecule has 2 heterocycles. The standard InChI is InChI=1S/C19H19ClN2O5S/c1-4-26-18(24)16-10(2)11(3)28-17(16)21-15(23)7-8-22-13-6-5-12(20)9-14(13)27-19(22)25/h5-6,9H,4,7-8H2,1-3H3,(H,21,23). The fraction of sp³-hybridized carbons (Fsp3) is 0.316. The van der Waals surface area contributed by atoms with Crippen LogP contribution in [-0.4, -0.2) is 23.1 Å². The van der Waals surface area contributed by atoms with Gasteiger partial charge in [-0.1, -0.05) is 11.6 Å². The van der Waals surface area contributed by atoms with Gasteiger partial charge in [-0.05, 0) is 38.5 Å². The minimum atomic E-state index is -0.555. The van der Waals surface area contributed by atoms with Gasteiger partial charge in [0.15, 0.2) is 5.58 Å². The van der Waals surface area contributed by atoms with E-state index in [2.05, 4.69) is 5.32 Å². The van der Waals surface area contributed by atoms with Gasteiger partial charge < -0.3 is 14.5 Å². The number of carbonyl (C=O) groups excluding carboxylic acids is 2. The van der Waals surface area contributed by atoms with Gasteiger partial charge in [-0.25, -0.2) is 9.59 Å². The zero-order valence-electron chi connectivity index (χ0n) is 15.6. The van der Waals surface area contributed by atoms with E-state index in [1.807, 2.05) is 13.8 Å². The SMILES string of the molecule is CCOC(=O)c1c(NC(=O)CCn2c(=O)oc3cc(Cl)ccc32)sc(C)c1C. The van der Waals surface area contributed by atoms with Crippen LogP contribution in [0.4, 0.5) is 5.00 Å². The predicted octanol–water partition coefficient (Wildman–Crippen LogP) is 4.13. The normalized spacial score (nSPS) is 11.0. The van der Waals surface area contributed by atoms with E-state index >= 15 is 0 Å².